The SMILES string of the molecule is CC(c1ccccc1)C1c2ccccc2-c2cc(C(=N)c3ccccc3C(=N)n3c4ccccc4c4cc5c6ccccc6n6c7ccccc7c(c43)c56)ccc21. The molecule has 8 aromatic carbocycles. The maximum absolute atomic E-state index is 10.2. The summed E-state index contributed by atoms with van der Waals surface area (Å²) in [6.45, 7) is 2.33. The quantitative estimate of drug-likeness (QED) is 0.131. The minimum absolute atomic E-state index is 0.227. The highest BCUT2D eigenvalue weighted by molar-refractivity contribution is 6.36. The van der Waals surface area contributed by atoms with E-state index in [0.717, 1.165) is 49.4 Å². The van der Waals surface area contributed by atoms with Gasteiger partial charge in [0.25, 0.3) is 0 Å². The molecule has 3 heterocycles. The van der Waals surface area contributed by atoms with E-state index in [2.05, 4.69) is 168 Å². The Morgan fingerprint density at radius 3 is 1.86 bits per heavy atom. The molecule has 268 valence electrons. The van der Waals surface area contributed by atoms with Crippen LogP contribution in [0.2, 0.25) is 0 Å². The molecular formula is C53H36N4. The summed E-state index contributed by atoms with van der Waals surface area (Å²) in [5.74, 6) is 0.874. The molecule has 1 aliphatic carbocycles. The number of aromatic nitrogens is 2. The van der Waals surface area contributed by atoms with E-state index < -0.39 is 0 Å². The lowest BCUT2D eigenvalue weighted by Crippen LogP contribution is -2.17. The van der Waals surface area contributed by atoms with Crippen LogP contribution in [0.5, 0.6) is 0 Å². The van der Waals surface area contributed by atoms with Gasteiger partial charge in [0, 0.05) is 54.9 Å². The second-order valence-electron chi connectivity index (χ2n) is 15.6. The zero-order valence-corrected chi connectivity index (χ0v) is 31.3. The number of fused-ring (bicyclic) bond motifs is 13. The van der Waals surface area contributed by atoms with Gasteiger partial charge in [-0.25, -0.2) is 0 Å². The molecule has 12 rings (SSSR count). The van der Waals surface area contributed by atoms with Crippen LogP contribution in [0.3, 0.4) is 0 Å². The molecule has 0 fully saturated rings. The summed E-state index contributed by atoms with van der Waals surface area (Å²) < 4.78 is 4.55. The maximum atomic E-state index is 10.2. The summed E-state index contributed by atoms with van der Waals surface area (Å²) >= 11 is 0. The number of rotatable bonds is 5. The highest BCUT2D eigenvalue weighted by atomic mass is 15.0. The van der Waals surface area contributed by atoms with Gasteiger partial charge in [0.15, 0.2) is 0 Å². The van der Waals surface area contributed by atoms with Gasteiger partial charge in [0.1, 0.15) is 5.84 Å². The second kappa shape index (κ2) is 11.8. The molecule has 57 heavy (non-hydrogen) atoms. The summed E-state index contributed by atoms with van der Waals surface area (Å²) in [4.78, 5) is 0. The molecule has 11 aromatic rings. The standard InChI is InChI=1S/C53H36N4/c1-31(32-15-3-2-4-16-32)48-37-20-6-5-17-34(37)42-29-33(27-28-38(42)48)50(54)39-21-7-8-22-40(39)53(55)57-46-25-13-10-19-36(46)44-30-43-35-18-9-12-24-45(35)56-47-26-14-11-23-41(47)49(51(43)56)52(44)57/h2-31,48,54-55H,1H3. The molecule has 0 aliphatic heterocycles. The number of nitrogens with one attached hydrogen (secondary N) is 2. The lowest BCUT2D eigenvalue weighted by molar-refractivity contribution is 0.670. The molecule has 4 heteroatoms. The van der Waals surface area contributed by atoms with E-state index in [4.69, 9.17) is 0 Å². The lowest BCUT2D eigenvalue weighted by atomic mass is 9.81. The Bertz CT molecular complexity index is 3470. The van der Waals surface area contributed by atoms with Crippen molar-refractivity contribution in [3.63, 3.8) is 0 Å². The van der Waals surface area contributed by atoms with E-state index in [0.29, 0.717) is 17.5 Å². The molecule has 3 aromatic heterocycles. The van der Waals surface area contributed by atoms with Crippen molar-refractivity contribution in [1.29, 1.82) is 10.8 Å². The van der Waals surface area contributed by atoms with Crippen LogP contribution in [0.25, 0.3) is 71.0 Å². The van der Waals surface area contributed by atoms with Crippen molar-refractivity contribution in [3.8, 4) is 11.1 Å². The normalized spacial score (nSPS) is 14.3. The van der Waals surface area contributed by atoms with Crippen LogP contribution < -0.4 is 0 Å². The van der Waals surface area contributed by atoms with Crippen LogP contribution in [-0.4, -0.2) is 20.5 Å². The third-order valence-electron chi connectivity index (χ3n) is 12.8. The Kier molecular flexibility index (Phi) is 6.65. The minimum Gasteiger partial charge on any atom is -0.308 e. The Balaban J connectivity index is 1.04. The Hall–Kier alpha value is -7.30. The van der Waals surface area contributed by atoms with Crippen molar-refractivity contribution in [3.05, 3.63) is 209 Å². The Morgan fingerprint density at radius 1 is 0.491 bits per heavy atom. The predicted molar refractivity (Wildman–Crippen MR) is 237 cm³/mol. The first-order chi connectivity index (χ1) is 28.1. The topological polar surface area (TPSA) is 57.0 Å². The third-order valence-corrected chi connectivity index (χ3v) is 12.8. The molecule has 0 saturated carbocycles. The van der Waals surface area contributed by atoms with Crippen molar-refractivity contribution >= 4 is 71.4 Å². The monoisotopic (exact) mass is 728 g/mol. The van der Waals surface area contributed by atoms with E-state index in [1.165, 1.54) is 55.0 Å². The van der Waals surface area contributed by atoms with E-state index in [9.17, 15) is 10.8 Å². The van der Waals surface area contributed by atoms with Gasteiger partial charge >= 0.3 is 0 Å². The summed E-state index contributed by atoms with van der Waals surface area (Å²) in [5, 5.41) is 27.0. The van der Waals surface area contributed by atoms with Crippen LogP contribution in [-0.2, 0) is 0 Å². The number of hydrogen-bond acceptors (Lipinski definition) is 2. The summed E-state index contributed by atoms with van der Waals surface area (Å²) in [7, 11) is 0. The zero-order chi connectivity index (χ0) is 37.9. The smallest absolute Gasteiger partial charge is 0.137 e. The fourth-order valence-electron chi connectivity index (χ4n) is 10.3. The van der Waals surface area contributed by atoms with Crippen molar-refractivity contribution < 1.29 is 0 Å². The second-order valence-corrected chi connectivity index (χ2v) is 15.6. The molecule has 0 bridgehead atoms. The van der Waals surface area contributed by atoms with Gasteiger partial charge in [-0.1, -0.05) is 153 Å². The van der Waals surface area contributed by atoms with Crippen LogP contribution in [0.15, 0.2) is 176 Å². The Labute approximate surface area is 329 Å². The third kappa shape index (κ3) is 4.33. The average Bonchev–Trinajstić information content (AvgIpc) is 4.00. The van der Waals surface area contributed by atoms with Crippen molar-refractivity contribution in [2.45, 2.75) is 18.8 Å². The average molecular weight is 729 g/mol. The molecule has 4 nitrogen and oxygen atoms in total. The molecule has 1 aliphatic rings. The molecular weight excluding hydrogens is 693 g/mol. The fourth-order valence-corrected chi connectivity index (χ4v) is 10.3. The van der Waals surface area contributed by atoms with Crippen molar-refractivity contribution in [2.75, 3.05) is 0 Å². The first kappa shape index (κ1) is 32.0. The molecule has 2 unspecified atom stereocenters. The van der Waals surface area contributed by atoms with Gasteiger partial charge in [0.05, 0.1) is 33.3 Å². The van der Waals surface area contributed by atoms with E-state index in [-0.39, 0.29) is 5.92 Å². The van der Waals surface area contributed by atoms with Gasteiger partial charge in [0.2, 0.25) is 0 Å². The molecule has 0 saturated heterocycles. The summed E-state index contributed by atoms with van der Waals surface area (Å²) in [6.07, 6.45) is 0. The highest BCUT2D eigenvalue weighted by Gasteiger charge is 2.34. The van der Waals surface area contributed by atoms with Crippen LogP contribution in [0.4, 0.5) is 0 Å². The Morgan fingerprint density at radius 2 is 1.07 bits per heavy atom. The van der Waals surface area contributed by atoms with Crippen LogP contribution in [0.1, 0.15) is 52.1 Å². The first-order valence-corrected chi connectivity index (χ1v) is 19.7. The zero-order valence-electron chi connectivity index (χ0n) is 31.3. The molecule has 2 N–H and O–H groups in total. The van der Waals surface area contributed by atoms with Crippen molar-refractivity contribution in [2.24, 2.45) is 0 Å². The van der Waals surface area contributed by atoms with Gasteiger partial charge in [-0.05, 0) is 64.1 Å². The molecule has 0 amide bonds. The number of nitrogens with zero attached hydrogens (tertiary/aromatic N) is 2. The first-order valence-electron chi connectivity index (χ1n) is 19.7. The van der Waals surface area contributed by atoms with E-state index >= 15 is 0 Å². The van der Waals surface area contributed by atoms with Gasteiger partial charge in [-0.15, -0.1) is 0 Å². The largest absolute Gasteiger partial charge is 0.308 e. The molecule has 2 atom stereocenters. The van der Waals surface area contributed by atoms with Gasteiger partial charge in [-0.2, -0.15) is 0 Å². The lowest BCUT2D eigenvalue weighted by Gasteiger charge is -2.22. The minimum atomic E-state index is 0.227. The highest BCUT2D eigenvalue weighted by Crippen LogP contribution is 2.51. The molecule has 0 spiro atoms. The summed E-state index contributed by atoms with van der Waals surface area (Å²) in [6, 6.07) is 62.3. The van der Waals surface area contributed by atoms with E-state index in [1.54, 1.807) is 0 Å². The fraction of sp³-hybridized carbons (Fsp3) is 0.0566. The van der Waals surface area contributed by atoms with E-state index in [1.807, 2.05) is 24.3 Å². The maximum Gasteiger partial charge on any atom is 0.137 e. The summed E-state index contributed by atoms with van der Waals surface area (Å²) in [5.41, 5.74) is 14.6. The van der Waals surface area contributed by atoms with Crippen molar-refractivity contribution in [1.82, 2.24) is 8.97 Å². The molecule has 0 radical (unpaired) electrons. The van der Waals surface area contributed by atoms with Gasteiger partial charge < -0.3 is 4.40 Å². The van der Waals surface area contributed by atoms with Crippen LogP contribution >= 0.6 is 0 Å². The number of hydrogen-bond donors (Lipinski definition) is 2. The predicted octanol–water partition coefficient (Wildman–Crippen LogP) is 13.2. The van der Waals surface area contributed by atoms with Gasteiger partial charge in [-0.3, -0.25) is 15.4 Å². The number of para-hydroxylation sites is 3. The van der Waals surface area contributed by atoms with Crippen LogP contribution in [0, 0.1) is 10.8 Å². The number of benzene rings is 8.